The molecule has 2 N–H and O–H groups in total. The molecule has 15 heavy (non-hydrogen) atoms. The van der Waals surface area contributed by atoms with Crippen LogP contribution in [-0.4, -0.2) is 30.2 Å². The van der Waals surface area contributed by atoms with Crippen molar-refractivity contribution < 1.29 is 19.6 Å². The average molecular weight is 273 g/mol. The molecule has 0 aliphatic heterocycles. The number of hydrogen-bond donors (Lipinski definition) is 2. The minimum absolute atomic E-state index is 0.279. The summed E-state index contributed by atoms with van der Waals surface area (Å²) in [5, 5.41) is 18.0. The van der Waals surface area contributed by atoms with Crippen molar-refractivity contribution in [1.82, 2.24) is 0 Å². The molecule has 6 heteroatoms. The van der Waals surface area contributed by atoms with Crippen molar-refractivity contribution in [2.24, 2.45) is 0 Å². The van der Waals surface area contributed by atoms with E-state index in [2.05, 4.69) is 20.7 Å². The molecule has 0 heterocycles. The molecule has 1 aromatic carbocycles. The summed E-state index contributed by atoms with van der Waals surface area (Å²) in [5.41, 5.74) is 1.28. The molecule has 4 nitrogen and oxygen atoms in total. The van der Waals surface area contributed by atoms with Crippen LogP contribution >= 0.6 is 15.9 Å². The van der Waals surface area contributed by atoms with Gasteiger partial charge < -0.3 is 14.8 Å². The zero-order chi connectivity index (χ0) is 11.3. The highest BCUT2D eigenvalue weighted by Gasteiger charge is 2.12. The third kappa shape index (κ3) is 4.03. The Kier molecular flexibility index (Phi) is 4.81. The third-order valence-corrected chi connectivity index (χ3v) is 2.31. The molecule has 0 atom stereocenters. The zero-order valence-electron chi connectivity index (χ0n) is 7.89. The molecule has 0 amide bonds. The van der Waals surface area contributed by atoms with E-state index in [0.29, 0.717) is 18.4 Å². The number of benzene rings is 1. The minimum atomic E-state index is -1.49. The van der Waals surface area contributed by atoms with E-state index in [1.54, 1.807) is 12.1 Å². The highest BCUT2D eigenvalue weighted by Crippen LogP contribution is 2.11. The van der Waals surface area contributed by atoms with Gasteiger partial charge in [0.1, 0.15) is 0 Å². The molecule has 1 rings (SSSR count). The Labute approximate surface area is 96.1 Å². The first-order valence-corrected chi connectivity index (χ1v) is 5.13. The summed E-state index contributed by atoms with van der Waals surface area (Å²) < 4.78 is 5.32. The quantitative estimate of drug-likeness (QED) is 0.444. The summed E-state index contributed by atoms with van der Waals surface area (Å²) in [6, 6.07) is 5.11. The lowest BCUT2D eigenvalue weighted by Crippen LogP contribution is -2.30. The molecule has 0 spiro atoms. The Morgan fingerprint density at radius 2 is 2.13 bits per heavy atom. The van der Waals surface area contributed by atoms with E-state index < -0.39 is 7.12 Å². The molecule has 0 aromatic heterocycles. The van der Waals surface area contributed by atoms with Crippen LogP contribution in [0.4, 0.5) is 0 Å². The van der Waals surface area contributed by atoms with Crippen LogP contribution in [0.25, 0.3) is 0 Å². The minimum Gasteiger partial charge on any atom is -0.468 e. The van der Waals surface area contributed by atoms with Crippen LogP contribution in [-0.2, 0) is 16.0 Å². The summed E-state index contributed by atoms with van der Waals surface area (Å²) in [6.45, 7) is 0.667. The Morgan fingerprint density at radius 1 is 1.40 bits per heavy atom. The van der Waals surface area contributed by atoms with Gasteiger partial charge in [-0.25, -0.2) is 0 Å². The molecule has 1 aromatic rings. The molecular formula is C9H10BBrO4. The summed E-state index contributed by atoms with van der Waals surface area (Å²) in [6.07, 6.45) is 0.540. The van der Waals surface area contributed by atoms with Gasteiger partial charge in [-0.1, -0.05) is 22.0 Å². The summed E-state index contributed by atoms with van der Waals surface area (Å²) in [4.78, 5) is 9.93. The second kappa shape index (κ2) is 5.90. The van der Waals surface area contributed by atoms with E-state index >= 15 is 0 Å². The molecule has 0 saturated heterocycles. The first-order valence-electron chi connectivity index (χ1n) is 4.34. The summed E-state index contributed by atoms with van der Waals surface area (Å²) >= 11 is 3.26. The van der Waals surface area contributed by atoms with Crippen LogP contribution in [0.2, 0.25) is 0 Å². The highest BCUT2D eigenvalue weighted by atomic mass is 79.9. The van der Waals surface area contributed by atoms with Crippen LogP contribution in [0.1, 0.15) is 5.56 Å². The van der Waals surface area contributed by atoms with Gasteiger partial charge in [-0.2, -0.15) is 0 Å². The van der Waals surface area contributed by atoms with Crippen molar-refractivity contribution in [3.05, 3.63) is 28.2 Å². The van der Waals surface area contributed by atoms with Gasteiger partial charge >= 0.3 is 7.12 Å². The van der Waals surface area contributed by atoms with Crippen molar-refractivity contribution >= 4 is 35.0 Å². The highest BCUT2D eigenvalue weighted by molar-refractivity contribution is 9.10. The van der Waals surface area contributed by atoms with E-state index in [0.717, 1.165) is 10.0 Å². The predicted molar refractivity (Wildman–Crippen MR) is 59.7 cm³/mol. The number of carbonyl (C=O) groups is 1. The second-order valence-electron chi connectivity index (χ2n) is 2.98. The molecule has 0 fully saturated rings. The van der Waals surface area contributed by atoms with Crippen LogP contribution in [0, 0.1) is 0 Å². The van der Waals surface area contributed by atoms with Gasteiger partial charge in [0, 0.05) is 10.9 Å². The number of hydrogen-bond acceptors (Lipinski definition) is 4. The van der Waals surface area contributed by atoms with E-state index in [1.807, 2.05) is 6.07 Å². The Morgan fingerprint density at radius 3 is 2.73 bits per heavy atom. The van der Waals surface area contributed by atoms with Crippen molar-refractivity contribution in [3.63, 3.8) is 0 Å². The van der Waals surface area contributed by atoms with Gasteiger partial charge in [0.05, 0.1) is 6.61 Å². The summed E-state index contributed by atoms with van der Waals surface area (Å²) in [5.74, 6) is 0. The second-order valence-corrected chi connectivity index (χ2v) is 3.90. The van der Waals surface area contributed by atoms with Crippen LogP contribution in [0.5, 0.6) is 0 Å². The molecule has 0 aliphatic rings. The van der Waals surface area contributed by atoms with Gasteiger partial charge in [-0.05, 0) is 23.2 Å². The Bertz CT molecular complexity index is 343. The normalized spacial score (nSPS) is 9.80. The molecule has 0 saturated carbocycles. The van der Waals surface area contributed by atoms with Gasteiger partial charge in [0.15, 0.2) is 0 Å². The van der Waals surface area contributed by atoms with Crippen molar-refractivity contribution in [2.45, 2.75) is 6.42 Å². The predicted octanol–water partition coefficient (Wildman–Crippen LogP) is -0.156. The molecule has 80 valence electrons. The number of halogens is 1. The monoisotopic (exact) mass is 272 g/mol. The first-order chi connectivity index (χ1) is 7.13. The third-order valence-electron chi connectivity index (χ3n) is 1.85. The molecule has 0 radical (unpaired) electrons. The van der Waals surface area contributed by atoms with Crippen molar-refractivity contribution in [1.29, 1.82) is 0 Å². The fourth-order valence-electron chi connectivity index (χ4n) is 1.19. The Balaban J connectivity index is 2.74. The lowest BCUT2D eigenvalue weighted by molar-refractivity contribution is -0.128. The largest absolute Gasteiger partial charge is 0.488 e. The maximum absolute atomic E-state index is 9.93. The average Bonchev–Trinajstić information content (AvgIpc) is 2.17. The van der Waals surface area contributed by atoms with Crippen molar-refractivity contribution in [2.75, 3.05) is 6.61 Å². The van der Waals surface area contributed by atoms with E-state index in [-0.39, 0.29) is 6.61 Å². The SMILES string of the molecule is O=COCCc1cc(Br)cc(B(O)O)c1. The first kappa shape index (κ1) is 12.2. The lowest BCUT2D eigenvalue weighted by atomic mass is 9.79. The fraction of sp³-hybridized carbons (Fsp3) is 0.222. The van der Waals surface area contributed by atoms with Crippen LogP contribution < -0.4 is 5.46 Å². The maximum atomic E-state index is 9.93. The molecule has 0 aliphatic carbocycles. The Hall–Kier alpha value is -0.845. The molecule has 0 unspecified atom stereocenters. The molecule has 0 bridgehead atoms. The number of ether oxygens (including phenoxy) is 1. The topological polar surface area (TPSA) is 66.8 Å². The zero-order valence-corrected chi connectivity index (χ0v) is 9.48. The standard InChI is InChI=1S/C9H10BBrO4/c11-9-4-7(1-2-15-6-12)3-8(5-9)10(13)14/h3-6,13-14H,1-2H2. The van der Waals surface area contributed by atoms with Crippen LogP contribution in [0.3, 0.4) is 0 Å². The number of carbonyl (C=O) groups excluding carboxylic acids is 1. The summed E-state index contributed by atoms with van der Waals surface area (Å²) in [7, 11) is -1.49. The van der Waals surface area contributed by atoms with Crippen LogP contribution in [0.15, 0.2) is 22.7 Å². The maximum Gasteiger partial charge on any atom is 0.488 e. The van der Waals surface area contributed by atoms with E-state index in [9.17, 15) is 4.79 Å². The number of rotatable bonds is 5. The van der Waals surface area contributed by atoms with Gasteiger partial charge in [-0.3, -0.25) is 4.79 Å². The van der Waals surface area contributed by atoms with E-state index in [4.69, 9.17) is 10.0 Å². The van der Waals surface area contributed by atoms with Gasteiger partial charge in [-0.15, -0.1) is 0 Å². The molecular weight excluding hydrogens is 263 g/mol. The van der Waals surface area contributed by atoms with Gasteiger partial charge in [0.2, 0.25) is 0 Å². The lowest BCUT2D eigenvalue weighted by Gasteiger charge is -2.05. The van der Waals surface area contributed by atoms with Gasteiger partial charge in [0.25, 0.3) is 6.47 Å². The fourth-order valence-corrected chi connectivity index (χ4v) is 1.75. The van der Waals surface area contributed by atoms with E-state index in [1.165, 1.54) is 0 Å². The smallest absolute Gasteiger partial charge is 0.468 e. The van der Waals surface area contributed by atoms with Crippen molar-refractivity contribution in [3.8, 4) is 0 Å².